The maximum absolute atomic E-state index is 12.5. The molecule has 1 unspecified atom stereocenters. The van der Waals surface area contributed by atoms with Crippen LogP contribution in [0, 0.1) is 0 Å². The normalized spacial score (nSPS) is 21.2. The minimum atomic E-state index is -3.73. The molecule has 6 nitrogen and oxygen atoms in total. The van der Waals surface area contributed by atoms with E-state index in [-0.39, 0.29) is 4.90 Å². The van der Waals surface area contributed by atoms with Gasteiger partial charge in [0.15, 0.2) is 0 Å². The summed E-state index contributed by atoms with van der Waals surface area (Å²) in [7, 11) is -3.73. The highest BCUT2D eigenvalue weighted by atomic mass is 32.2. The molecule has 0 saturated carbocycles. The van der Waals surface area contributed by atoms with E-state index >= 15 is 0 Å². The van der Waals surface area contributed by atoms with Crippen LogP contribution in [-0.4, -0.2) is 31.2 Å². The Morgan fingerprint density at radius 1 is 1.32 bits per heavy atom. The molecule has 1 heterocycles. The van der Waals surface area contributed by atoms with Gasteiger partial charge in [0.05, 0.1) is 4.90 Å². The van der Waals surface area contributed by atoms with E-state index in [9.17, 15) is 13.2 Å². The van der Waals surface area contributed by atoms with Gasteiger partial charge in [0.25, 0.3) is 0 Å². The third-order valence-electron chi connectivity index (χ3n) is 3.25. The molecule has 1 aliphatic rings. The molecule has 4 N–H and O–H groups in total. The van der Waals surface area contributed by atoms with Gasteiger partial charge >= 0.3 is 0 Å². The van der Waals surface area contributed by atoms with Crippen LogP contribution in [0.15, 0.2) is 29.2 Å². The van der Waals surface area contributed by atoms with E-state index in [1.807, 2.05) is 0 Å². The Kier molecular flexibility index (Phi) is 3.77. The topological polar surface area (TPSA) is 106 Å². The fourth-order valence-corrected chi connectivity index (χ4v) is 4.01. The Balaban J connectivity index is 2.40. The smallest absolute Gasteiger partial charge is 0.243 e. The standard InChI is InChI=1S/C12H17N3O3S/c13-9-4-3-5-10(8-9)19(17,18)15-7-2-1-6-11(15)12(14)16/h3-5,8,11H,1-2,6-7,13H2,(H2,14,16). The predicted molar refractivity (Wildman–Crippen MR) is 71.6 cm³/mol. The zero-order chi connectivity index (χ0) is 14.0. The maximum atomic E-state index is 12.5. The lowest BCUT2D eigenvalue weighted by atomic mass is 10.0. The summed E-state index contributed by atoms with van der Waals surface area (Å²) in [6.45, 7) is 0.310. The van der Waals surface area contributed by atoms with Gasteiger partial charge in [0.1, 0.15) is 6.04 Å². The number of rotatable bonds is 3. The molecular formula is C12H17N3O3S. The van der Waals surface area contributed by atoms with Gasteiger partial charge in [-0.25, -0.2) is 8.42 Å². The Labute approximate surface area is 112 Å². The van der Waals surface area contributed by atoms with Crippen molar-refractivity contribution in [3.63, 3.8) is 0 Å². The molecule has 1 aromatic carbocycles. The Morgan fingerprint density at radius 3 is 2.68 bits per heavy atom. The van der Waals surface area contributed by atoms with Crippen LogP contribution in [0.5, 0.6) is 0 Å². The van der Waals surface area contributed by atoms with Gasteiger partial charge in [-0.3, -0.25) is 4.79 Å². The number of anilines is 1. The Hall–Kier alpha value is -1.60. The number of sulfonamides is 1. The summed E-state index contributed by atoms with van der Waals surface area (Å²) in [5.41, 5.74) is 11.3. The van der Waals surface area contributed by atoms with Crippen molar-refractivity contribution in [3.05, 3.63) is 24.3 Å². The minimum Gasteiger partial charge on any atom is -0.399 e. The molecule has 1 fully saturated rings. The van der Waals surface area contributed by atoms with E-state index in [0.717, 1.165) is 12.8 Å². The van der Waals surface area contributed by atoms with E-state index in [1.54, 1.807) is 12.1 Å². The third-order valence-corrected chi connectivity index (χ3v) is 5.15. The summed E-state index contributed by atoms with van der Waals surface area (Å²) in [5.74, 6) is -0.604. The number of nitrogens with zero attached hydrogens (tertiary/aromatic N) is 1. The van der Waals surface area contributed by atoms with E-state index in [1.165, 1.54) is 16.4 Å². The molecule has 0 aromatic heterocycles. The SMILES string of the molecule is NC(=O)C1CCCCN1S(=O)(=O)c1cccc(N)c1. The summed E-state index contributed by atoms with van der Waals surface area (Å²) in [4.78, 5) is 11.5. The number of nitrogen functional groups attached to an aromatic ring is 1. The van der Waals surface area contributed by atoms with Crippen molar-refractivity contribution < 1.29 is 13.2 Å². The number of carbonyl (C=O) groups is 1. The number of nitrogens with two attached hydrogens (primary N) is 2. The van der Waals surface area contributed by atoms with Crippen LogP contribution in [0.1, 0.15) is 19.3 Å². The fraction of sp³-hybridized carbons (Fsp3) is 0.417. The molecule has 0 radical (unpaired) electrons. The van der Waals surface area contributed by atoms with E-state index < -0.39 is 22.0 Å². The quantitative estimate of drug-likeness (QED) is 0.778. The predicted octanol–water partition coefficient (Wildman–Crippen LogP) is 0.297. The lowest BCUT2D eigenvalue weighted by Gasteiger charge is -2.32. The monoisotopic (exact) mass is 283 g/mol. The molecule has 0 aliphatic carbocycles. The van der Waals surface area contributed by atoms with Gasteiger partial charge in [-0.05, 0) is 31.0 Å². The van der Waals surface area contributed by atoms with Crippen LogP contribution in [-0.2, 0) is 14.8 Å². The van der Waals surface area contributed by atoms with Crippen molar-refractivity contribution >= 4 is 21.6 Å². The van der Waals surface area contributed by atoms with Crippen LogP contribution in [0.25, 0.3) is 0 Å². The lowest BCUT2D eigenvalue weighted by Crippen LogP contribution is -2.50. The molecule has 7 heteroatoms. The van der Waals surface area contributed by atoms with Crippen LogP contribution in [0.2, 0.25) is 0 Å². The van der Waals surface area contributed by atoms with Crippen molar-refractivity contribution in [2.75, 3.05) is 12.3 Å². The number of hydrogen-bond donors (Lipinski definition) is 2. The zero-order valence-corrected chi connectivity index (χ0v) is 11.3. The first-order valence-electron chi connectivity index (χ1n) is 6.09. The van der Waals surface area contributed by atoms with Crippen LogP contribution < -0.4 is 11.5 Å². The first kappa shape index (κ1) is 13.8. The van der Waals surface area contributed by atoms with Gasteiger partial charge in [-0.1, -0.05) is 12.5 Å². The largest absolute Gasteiger partial charge is 0.399 e. The van der Waals surface area contributed by atoms with E-state index in [4.69, 9.17) is 11.5 Å². The van der Waals surface area contributed by atoms with Crippen LogP contribution in [0.4, 0.5) is 5.69 Å². The first-order chi connectivity index (χ1) is 8.93. The van der Waals surface area contributed by atoms with E-state index in [2.05, 4.69) is 0 Å². The number of carbonyl (C=O) groups excluding carboxylic acids is 1. The molecule has 1 aromatic rings. The van der Waals surface area contributed by atoms with Gasteiger partial charge in [-0.15, -0.1) is 0 Å². The van der Waals surface area contributed by atoms with Gasteiger partial charge in [0, 0.05) is 12.2 Å². The van der Waals surface area contributed by atoms with Crippen molar-refractivity contribution in [2.24, 2.45) is 5.73 Å². The number of amides is 1. The molecule has 1 aliphatic heterocycles. The minimum absolute atomic E-state index is 0.0978. The highest BCUT2D eigenvalue weighted by Crippen LogP contribution is 2.26. The number of hydrogen-bond acceptors (Lipinski definition) is 4. The average Bonchev–Trinajstić information content (AvgIpc) is 2.38. The maximum Gasteiger partial charge on any atom is 0.243 e. The molecule has 1 saturated heterocycles. The van der Waals surface area contributed by atoms with Gasteiger partial charge < -0.3 is 11.5 Å². The number of benzene rings is 1. The zero-order valence-electron chi connectivity index (χ0n) is 10.5. The molecule has 0 bridgehead atoms. The van der Waals surface area contributed by atoms with Crippen LogP contribution in [0.3, 0.4) is 0 Å². The summed E-state index contributed by atoms with van der Waals surface area (Å²) < 4.78 is 26.2. The first-order valence-corrected chi connectivity index (χ1v) is 7.53. The second-order valence-corrected chi connectivity index (χ2v) is 6.49. The highest BCUT2D eigenvalue weighted by Gasteiger charge is 2.36. The van der Waals surface area contributed by atoms with Crippen molar-refractivity contribution in [1.82, 2.24) is 4.31 Å². The van der Waals surface area contributed by atoms with Crippen molar-refractivity contribution in [2.45, 2.75) is 30.2 Å². The van der Waals surface area contributed by atoms with Gasteiger partial charge in [-0.2, -0.15) is 4.31 Å². The molecule has 19 heavy (non-hydrogen) atoms. The Morgan fingerprint density at radius 2 is 2.05 bits per heavy atom. The summed E-state index contributed by atoms with van der Waals surface area (Å²) in [6.07, 6.45) is 2.00. The summed E-state index contributed by atoms with van der Waals surface area (Å²) >= 11 is 0. The van der Waals surface area contributed by atoms with E-state index in [0.29, 0.717) is 18.7 Å². The fourth-order valence-electron chi connectivity index (χ4n) is 2.29. The van der Waals surface area contributed by atoms with Crippen molar-refractivity contribution in [1.29, 1.82) is 0 Å². The molecule has 1 amide bonds. The second kappa shape index (κ2) is 5.18. The second-order valence-electron chi connectivity index (χ2n) is 4.60. The number of piperidine rings is 1. The van der Waals surface area contributed by atoms with Crippen molar-refractivity contribution in [3.8, 4) is 0 Å². The molecule has 0 spiro atoms. The molecule has 1 atom stereocenters. The lowest BCUT2D eigenvalue weighted by molar-refractivity contribution is -0.122. The average molecular weight is 283 g/mol. The van der Waals surface area contributed by atoms with Gasteiger partial charge in [0.2, 0.25) is 15.9 Å². The number of primary amides is 1. The molecular weight excluding hydrogens is 266 g/mol. The molecule has 2 rings (SSSR count). The third kappa shape index (κ3) is 2.71. The Bertz CT molecular complexity index is 586. The van der Waals surface area contributed by atoms with Crippen LogP contribution >= 0.6 is 0 Å². The summed E-state index contributed by atoms with van der Waals surface area (Å²) in [5, 5.41) is 0. The molecule has 104 valence electrons. The highest BCUT2D eigenvalue weighted by molar-refractivity contribution is 7.89. The summed E-state index contributed by atoms with van der Waals surface area (Å²) in [6, 6.07) is 5.28.